The lowest BCUT2D eigenvalue weighted by Gasteiger charge is -2.17. The maximum atomic E-state index is 5.85. The largest absolute Gasteiger partial charge is 0.330 e. The lowest BCUT2D eigenvalue weighted by molar-refractivity contribution is 0.689. The molecule has 0 bridgehead atoms. The van der Waals surface area contributed by atoms with Gasteiger partial charge in [0.1, 0.15) is 0 Å². The van der Waals surface area contributed by atoms with Crippen molar-refractivity contribution in [3.63, 3.8) is 0 Å². The van der Waals surface area contributed by atoms with E-state index in [0.29, 0.717) is 5.41 Å². The third-order valence-corrected chi connectivity index (χ3v) is 3.95. The van der Waals surface area contributed by atoms with Crippen LogP contribution in [0.1, 0.15) is 24.0 Å². The van der Waals surface area contributed by atoms with Crippen LogP contribution in [0.2, 0.25) is 0 Å². The van der Waals surface area contributed by atoms with Gasteiger partial charge in [-0.25, -0.2) is 0 Å². The number of benzene rings is 1. The van der Waals surface area contributed by atoms with Gasteiger partial charge in [-0.3, -0.25) is 0 Å². The van der Waals surface area contributed by atoms with E-state index in [2.05, 4.69) is 31.4 Å². The van der Waals surface area contributed by atoms with Crippen LogP contribution in [0.5, 0.6) is 0 Å². The molecule has 1 saturated carbocycles. The Morgan fingerprint density at radius 3 is 2.64 bits per heavy atom. The van der Waals surface area contributed by atoms with E-state index in [4.69, 9.17) is 5.73 Å². The van der Waals surface area contributed by atoms with Crippen LogP contribution in [0.3, 0.4) is 0 Å². The molecular formula is C12H17NS. The van der Waals surface area contributed by atoms with Crippen LogP contribution in [-0.2, 0) is 5.41 Å². The van der Waals surface area contributed by atoms with E-state index in [0.717, 1.165) is 6.54 Å². The Morgan fingerprint density at radius 1 is 1.43 bits per heavy atom. The van der Waals surface area contributed by atoms with Crippen molar-refractivity contribution >= 4 is 11.8 Å². The first kappa shape index (κ1) is 10.1. The molecule has 1 fully saturated rings. The van der Waals surface area contributed by atoms with E-state index in [1.807, 2.05) is 11.8 Å². The highest BCUT2D eigenvalue weighted by molar-refractivity contribution is 7.98. The second-order valence-corrected chi connectivity index (χ2v) is 5.04. The van der Waals surface area contributed by atoms with Gasteiger partial charge in [-0.05, 0) is 37.7 Å². The number of thioether (sulfide) groups is 1. The van der Waals surface area contributed by atoms with E-state index in [1.54, 1.807) is 0 Å². The lowest BCUT2D eigenvalue weighted by atomic mass is 9.95. The molecule has 2 heteroatoms. The average Bonchev–Trinajstić information content (AvgIpc) is 2.98. The molecular weight excluding hydrogens is 190 g/mol. The molecule has 0 spiro atoms. The van der Waals surface area contributed by atoms with Crippen LogP contribution >= 0.6 is 11.8 Å². The van der Waals surface area contributed by atoms with Crippen molar-refractivity contribution in [2.24, 2.45) is 5.73 Å². The molecule has 0 heterocycles. The molecule has 14 heavy (non-hydrogen) atoms. The monoisotopic (exact) mass is 207 g/mol. The Bertz CT molecular complexity index is 342. The van der Waals surface area contributed by atoms with Crippen LogP contribution in [-0.4, -0.2) is 12.8 Å². The summed E-state index contributed by atoms with van der Waals surface area (Å²) in [5.74, 6) is 0. The van der Waals surface area contributed by atoms with Crippen molar-refractivity contribution in [2.45, 2.75) is 30.1 Å². The Hall–Kier alpha value is -0.470. The molecule has 0 aliphatic heterocycles. The molecule has 1 aromatic carbocycles. The molecule has 2 rings (SSSR count). The highest BCUT2D eigenvalue weighted by atomic mass is 32.2. The van der Waals surface area contributed by atoms with Gasteiger partial charge in [-0.1, -0.05) is 17.7 Å². The van der Waals surface area contributed by atoms with Crippen LogP contribution in [0.15, 0.2) is 23.1 Å². The fourth-order valence-corrected chi connectivity index (χ4v) is 2.78. The van der Waals surface area contributed by atoms with Gasteiger partial charge in [0.2, 0.25) is 0 Å². The molecule has 0 aromatic heterocycles. The highest BCUT2D eigenvalue weighted by Crippen LogP contribution is 2.50. The van der Waals surface area contributed by atoms with Gasteiger partial charge < -0.3 is 5.73 Å². The van der Waals surface area contributed by atoms with Crippen LogP contribution in [0, 0.1) is 6.92 Å². The van der Waals surface area contributed by atoms with E-state index in [1.165, 1.54) is 28.9 Å². The average molecular weight is 207 g/mol. The standard InChI is InChI=1S/C12H17NS/c1-9-3-4-10(11(7-9)14-2)12(8-13)5-6-12/h3-4,7H,5-6,8,13H2,1-2H3. The topological polar surface area (TPSA) is 26.0 Å². The lowest BCUT2D eigenvalue weighted by Crippen LogP contribution is -2.20. The number of hydrogen-bond acceptors (Lipinski definition) is 2. The number of nitrogens with two attached hydrogens (primary N) is 1. The van der Waals surface area contributed by atoms with Crippen molar-refractivity contribution in [1.82, 2.24) is 0 Å². The molecule has 1 aliphatic rings. The number of hydrogen-bond donors (Lipinski definition) is 1. The van der Waals surface area contributed by atoms with Crippen molar-refractivity contribution in [3.8, 4) is 0 Å². The SMILES string of the molecule is CSc1cc(C)ccc1C1(CN)CC1. The molecule has 0 saturated heterocycles. The Labute approximate surface area is 90.1 Å². The molecule has 0 atom stereocenters. The van der Waals surface area contributed by atoms with Crippen LogP contribution in [0.25, 0.3) is 0 Å². The van der Waals surface area contributed by atoms with Gasteiger partial charge in [0, 0.05) is 16.9 Å². The minimum atomic E-state index is 0.325. The van der Waals surface area contributed by atoms with Crippen molar-refractivity contribution < 1.29 is 0 Å². The van der Waals surface area contributed by atoms with Gasteiger partial charge in [0.15, 0.2) is 0 Å². The maximum Gasteiger partial charge on any atom is 0.0110 e. The summed E-state index contributed by atoms with van der Waals surface area (Å²) in [6, 6.07) is 6.74. The summed E-state index contributed by atoms with van der Waals surface area (Å²) in [7, 11) is 0. The second-order valence-electron chi connectivity index (χ2n) is 4.19. The maximum absolute atomic E-state index is 5.85. The van der Waals surface area contributed by atoms with Crippen LogP contribution < -0.4 is 5.73 Å². The first-order valence-corrected chi connectivity index (χ1v) is 6.29. The van der Waals surface area contributed by atoms with Gasteiger partial charge >= 0.3 is 0 Å². The van der Waals surface area contributed by atoms with E-state index < -0.39 is 0 Å². The first-order valence-electron chi connectivity index (χ1n) is 5.07. The summed E-state index contributed by atoms with van der Waals surface area (Å²) in [6.45, 7) is 2.94. The van der Waals surface area contributed by atoms with Gasteiger partial charge in [0.05, 0.1) is 0 Å². The van der Waals surface area contributed by atoms with Crippen molar-refractivity contribution in [2.75, 3.05) is 12.8 Å². The summed E-state index contributed by atoms with van der Waals surface area (Å²) in [5, 5.41) is 0. The predicted octanol–water partition coefficient (Wildman–Crippen LogP) is 2.71. The highest BCUT2D eigenvalue weighted by Gasteiger charge is 2.44. The smallest absolute Gasteiger partial charge is 0.0110 e. The van der Waals surface area contributed by atoms with Crippen molar-refractivity contribution in [3.05, 3.63) is 29.3 Å². The molecule has 1 aromatic rings. The van der Waals surface area contributed by atoms with E-state index in [-0.39, 0.29) is 0 Å². The minimum absolute atomic E-state index is 0.325. The zero-order valence-electron chi connectivity index (χ0n) is 8.84. The molecule has 0 radical (unpaired) electrons. The third-order valence-electron chi connectivity index (χ3n) is 3.17. The summed E-state index contributed by atoms with van der Waals surface area (Å²) in [5.41, 5.74) is 8.99. The zero-order chi connectivity index (χ0) is 10.2. The Morgan fingerprint density at radius 2 is 2.14 bits per heavy atom. The summed E-state index contributed by atoms with van der Waals surface area (Å²) in [4.78, 5) is 1.41. The Balaban J connectivity index is 2.42. The van der Waals surface area contributed by atoms with E-state index in [9.17, 15) is 0 Å². The second kappa shape index (κ2) is 3.59. The molecule has 0 unspecified atom stereocenters. The Kier molecular flexibility index (Phi) is 2.58. The molecule has 2 N–H and O–H groups in total. The first-order chi connectivity index (χ1) is 6.72. The van der Waals surface area contributed by atoms with Crippen LogP contribution in [0.4, 0.5) is 0 Å². The number of aryl methyl sites for hydroxylation is 1. The van der Waals surface area contributed by atoms with Gasteiger partial charge in [-0.15, -0.1) is 11.8 Å². The fourth-order valence-electron chi connectivity index (χ4n) is 1.97. The third kappa shape index (κ3) is 1.57. The van der Waals surface area contributed by atoms with Gasteiger partial charge in [-0.2, -0.15) is 0 Å². The van der Waals surface area contributed by atoms with Crippen molar-refractivity contribution in [1.29, 1.82) is 0 Å². The molecule has 76 valence electrons. The summed E-state index contributed by atoms with van der Waals surface area (Å²) >= 11 is 1.84. The zero-order valence-corrected chi connectivity index (χ0v) is 9.66. The predicted molar refractivity (Wildman–Crippen MR) is 62.9 cm³/mol. The minimum Gasteiger partial charge on any atom is -0.330 e. The summed E-state index contributed by atoms with van der Waals surface area (Å²) < 4.78 is 0. The normalized spacial score (nSPS) is 18.2. The van der Waals surface area contributed by atoms with E-state index >= 15 is 0 Å². The molecule has 0 amide bonds. The fraction of sp³-hybridized carbons (Fsp3) is 0.500. The summed E-state index contributed by atoms with van der Waals surface area (Å²) in [6.07, 6.45) is 4.67. The molecule has 1 nitrogen and oxygen atoms in total. The number of rotatable bonds is 3. The quantitative estimate of drug-likeness (QED) is 0.771. The van der Waals surface area contributed by atoms with Gasteiger partial charge in [0.25, 0.3) is 0 Å². The molecule has 1 aliphatic carbocycles.